The molecule has 0 aliphatic rings. The van der Waals surface area contributed by atoms with Crippen molar-refractivity contribution in [3.63, 3.8) is 0 Å². The van der Waals surface area contributed by atoms with E-state index in [9.17, 15) is 0 Å². The van der Waals surface area contributed by atoms with Gasteiger partial charge in [0.15, 0.2) is 11.0 Å². The summed E-state index contributed by atoms with van der Waals surface area (Å²) < 4.78 is 5.17. The first kappa shape index (κ1) is 19.1. The molecule has 0 radical (unpaired) electrons. The molecule has 0 spiro atoms. The quantitative estimate of drug-likeness (QED) is 0.505. The molecule has 0 amide bonds. The maximum atomic E-state index is 7.75. The van der Waals surface area contributed by atoms with Gasteiger partial charge in [-0.25, -0.2) is 4.98 Å². The van der Waals surface area contributed by atoms with Crippen LogP contribution < -0.4 is 15.4 Å². The molecule has 0 atom stereocenters. The zero-order valence-electron chi connectivity index (χ0n) is 14.8. The fourth-order valence-corrected chi connectivity index (χ4v) is 3.23. The molecule has 2 heterocycles. The zero-order chi connectivity index (χ0) is 19.4. The molecule has 0 fully saturated rings. The highest BCUT2D eigenvalue weighted by atomic mass is 35.5. The summed E-state index contributed by atoms with van der Waals surface area (Å²) >= 11 is 12.4. The van der Waals surface area contributed by atoms with Crippen molar-refractivity contribution in [3.8, 4) is 5.75 Å². The third-order valence-corrected chi connectivity index (χ3v) is 4.54. The van der Waals surface area contributed by atoms with Gasteiger partial charge in [0, 0.05) is 41.8 Å². The Labute approximate surface area is 166 Å². The molecule has 3 rings (SSSR count). The number of pyridine rings is 1. The predicted molar refractivity (Wildman–Crippen MR) is 110 cm³/mol. The van der Waals surface area contributed by atoms with Crippen molar-refractivity contribution in [3.05, 3.63) is 45.7 Å². The number of ether oxygens (including phenoxy) is 1. The molecule has 27 heavy (non-hydrogen) atoms. The number of hydrogen-bond acceptors (Lipinski definition) is 7. The van der Waals surface area contributed by atoms with Crippen molar-refractivity contribution < 1.29 is 4.74 Å². The third kappa shape index (κ3) is 3.89. The van der Waals surface area contributed by atoms with Crippen LogP contribution in [0.5, 0.6) is 5.75 Å². The third-order valence-electron chi connectivity index (χ3n) is 3.98. The van der Waals surface area contributed by atoms with E-state index in [0.29, 0.717) is 51.8 Å². The lowest BCUT2D eigenvalue weighted by atomic mass is 10.1. The van der Waals surface area contributed by atoms with E-state index in [0.717, 1.165) is 5.56 Å². The lowest BCUT2D eigenvalue weighted by Crippen LogP contribution is -2.07. The standard InChI is InChI=1S/C18H18Cl2N6O/c1-3-22-17-11(7-21)15-12(9-24-17)18(26-25-16(15)20)23-8-10-4-5-14(27-2)13(19)6-10/h4-7,9,21H,3,8H2,1-2H3,(H,22,24)(H,23,26). The zero-order valence-corrected chi connectivity index (χ0v) is 16.3. The number of anilines is 2. The second kappa shape index (κ2) is 8.37. The Hall–Kier alpha value is -2.64. The molecule has 9 heteroatoms. The average Bonchev–Trinajstić information content (AvgIpc) is 2.67. The minimum Gasteiger partial charge on any atom is -0.495 e. The second-order valence-electron chi connectivity index (χ2n) is 5.65. The van der Waals surface area contributed by atoms with Crippen LogP contribution in [0.1, 0.15) is 18.1 Å². The summed E-state index contributed by atoms with van der Waals surface area (Å²) in [6.45, 7) is 3.11. The summed E-state index contributed by atoms with van der Waals surface area (Å²) in [5.41, 5.74) is 1.53. The van der Waals surface area contributed by atoms with Crippen LogP contribution in [0.2, 0.25) is 10.2 Å². The summed E-state index contributed by atoms with van der Waals surface area (Å²) in [7, 11) is 1.57. The summed E-state index contributed by atoms with van der Waals surface area (Å²) in [6.07, 6.45) is 2.89. The fourth-order valence-electron chi connectivity index (χ4n) is 2.71. The van der Waals surface area contributed by atoms with Crippen LogP contribution in [0.4, 0.5) is 11.6 Å². The van der Waals surface area contributed by atoms with E-state index in [2.05, 4.69) is 25.8 Å². The minimum atomic E-state index is 0.225. The highest BCUT2D eigenvalue weighted by Gasteiger charge is 2.15. The number of halogens is 2. The molecule has 3 N–H and O–H groups in total. The molecular weight excluding hydrogens is 387 g/mol. The van der Waals surface area contributed by atoms with Crippen LogP contribution in [0.3, 0.4) is 0 Å². The average molecular weight is 405 g/mol. The van der Waals surface area contributed by atoms with Crippen molar-refractivity contribution in [2.75, 3.05) is 24.3 Å². The normalized spacial score (nSPS) is 10.7. The SMILES string of the molecule is CCNc1ncc2c(NCc3ccc(OC)c(Cl)c3)nnc(Cl)c2c1C=N. The van der Waals surface area contributed by atoms with Gasteiger partial charge in [0.1, 0.15) is 11.6 Å². The largest absolute Gasteiger partial charge is 0.495 e. The molecule has 0 saturated heterocycles. The van der Waals surface area contributed by atoms with E-state index in [1.54, 1.807) is 13.3 Å². The first-order valence-electron chi connectivity index (χ1n) is 8.24. The van der Waals surface area contributed by atoms with E-state index >= 15 is 0 Å². The van der Waals surface area contributed by atoms with Gasteiger partial charge in [-0.05, 0) is 24.6 Å². The van der Waals surface area contributed by atoms with Gasteiger partial charge in [-0.15, -0.1) is 10.2 Å². The highest BCUT2D eigenvalue weighted by molar-refractivity contribution is 6.36. The van der Waals surface area contributed by atoms with E-state index in [1.807, 2.05) is 25.1 Å². The van der Waals surface area contributed by atoms with Gasteiger partial charge >= 0.3 is 0 Å². The summed E-state index contributed by atoms with van der Waals surface area (Å²) in [5.74, 6) is 1.73. The molecule has 7 nitrogen and oxygen atoms in total. The number of fused-ring (bicyclic) bond motifs is 1. The van der Waals surface area contributed by atoms with Gasteiger partial charge < -0.3 is 20.8 Å². The number of aromatic nitrogens is 3. The van der Waals surface area contributed by atoms with Crippen molar-refractivity contribution in [1.29, 1.82) is 5.41 Å². The van der Waals surface area contributed by atoms with Crippen LogP contribution in [-0.4, -0.2) is 35.1 Å². The summed E-state index contributed by atoms with van der Waals surface area (Å²) in [5, 5.41) is 24.3. The van der Waals surface area contributed by atoms with Gasteiger partial charge in [0.2, 0.25) is 0 Å². The Kier molecular flexibility index (Phi) is 5.93. The molecule has 1 aromatic carbocycles. The van der Waals surface area contributed by atoms with Crippen LogP contribution >= 0.6 is 23.2 Å². The number of rotatable bonds is 7. The first-order chi connectivity index (χ1) is 13.1. The van der Waals surface area contributed by atoms with Crippen LogP contribution in [0, 0.1) is 5.41 Å². The van der Waals surface area contributed by atoms with E-state index in [4.69, 9.17) is 33.3 Å². The Balaban J connectivity index is 1.96. The van der Waals surface area contributed by atoms with Crippen molar-refractivity contribution in [2.45, 2.75) is 13.5 Å². The van der Waals surface area contributed by atoms with Crippen molar-refractivity contribution >= 4 is 51.8 Å². The predicted octanol–water partition coefficient (Wildman–Crippen LogP) is 4.38. The molecule has 0 saturated carbocycles. The maximum Gasteiger partial charge on any atom is 0.160 e. The van der Waals surface area contributed by atoms with Crippen molar-refractivity contribution in [2.24, 2.45) is 0 Å². The van der Waals surface area contributed by atoms with Crippen LogP contribution in [0.15, 0.2) is 24.4 Å². The number of nitrogens with zero attached hydrogens (tertiary/aromatic N) is 3. The molecule has 0 aliphatic heterocycles. The first-order valence-corrected chi connectivity index (χ1v) is 9.00. The van der Waals surface area contributed by atoms with Gasteiger partial charge in [-0.1, -0.05) is 29.3 Å². The Morgan fingerprint density at radius 1 is 1.19 bits per heavy atom. The van der Waals surface area contributed by atoms with Crippen molar-refractivity contribution in [1.82, 2.24) is 15.2 Å². The van der Waals surface area contributed by atoms with E-state index < -0.39 is 0 Å². The highest BCUT2D eigenvalue weighted by Crippen LogP contribution is 2.31. The smallest absolute Gasteiger partial charge is 0.160 e. The lowest BCUT2D eigenvalue weighted by molar-refractivity contribution is 0.415. The Morgan fingerprint density at radius 3 is 2.67 bits per heavy atom. The Morgan fingerprint density at radius 2 is 2.00 bits per heavy atom. The van der Waals surface area contributed by atoms with Gasteiger partial charge in [-0.2, -0.15) is 0 Å². The molecule has 0 bridgehead atoms. The van der Waals surface area contributed by atoms with Crippen LogP contribution in [-0.2, 0) is 6.54 Å². The fraction of sp³-hybridized carbons (Fsp3) is 0.222. The summed E-state index contributed by atoms with van der Waals surface area (Å²) in [4.78, 5) is 4.39. The van der Waals surface area contributed by atoms with Gasteiger partial charge in [0.05, 0.1) is 12.1 Å². The number of nitrogens with one attached hydrogen (secondary N) is 3. The van der Waals surface area contributed by atoms with Gasteiger partial charge in [-0.3, -0.25) is 0 Å². The molecule has 3 aromatic rings. The Bertz CT molecular complexity index is 995. The summed E-state index contributed by atoms with van der Waals surface area (Å²) in [6, 6.07) is 5.54. The number of benzene rings is 1. The molecule has 0 unspecified atom stereocenters. The molecular formula is C18H18Cl2N6O. The van der Waals surface area contributed by atoms with Crippen LogP contribution in [0.25, 0.3) is 10.8 Å². The number of hydrogen-bond donors (Lipinski definition) is 3. The molecule has 140 valence electrons. The molecule has 0 aliphatic carbocycles. The maximum absolute atomic E-state index is 7.75. The molecule has 2 aromatic heterocycles. The van der Waals surface area contributed by atoms with E-state index in [1.165, 1.54) is 6.21 Å². The topological polar surface area (TPSA) is 95.8 Å². The second-order valence-corrected chi connectivity index (χ2v) is 6.41. The van der Waals surface area contributed by atoms with E-state index in [-0.39, 0.29) is 5.15 Å². The number of methoxy groups -OCH3 is 1. The monoisotopic (exact) mass is 404 g/mol. The van der Waals surface area contributed by atoms with Gasteiger partial charge in [0.25, 0.3) is 0 Å². The minimum absolute atomic E-state index is 0.225. The lowest BCUT2D eigenvalue weighted by Gasteiger charge is -2.13.